The van der Waals surface area contributed by atoms with E-state index in [1.165, 1.54) is 31.6 Å². The Labute approximate surface area is 115 Å². The molecule has 1 unspecified atom stereocenters. The Kier molecular flexibility index (Phi) is 3.63. The smallest absolute Gasteiger partial charge is 0.131 e. The lowest BCUT2D eigenvalue weighted by atomic mass is 9.93. The molecule has 3 heterocycles. The van der Waals surface area contributed by atoms with Gasteiger partial charge in [-0.1, -0.05) is 0 Å². The van der Waals surface area contributed by atoms with E-state index in [0.29, 0.717) is 12.0 Å². The van der Waals surface area contributed by atoms with E-state index in [1.807, 2.05) is 4.57 Å². The van der Waals surface area contributed by atoms with Gasteiger partial charge in [-0.2, -0.15) is 0 Å². The average molecular weight is 263 g/mol. The molecule has 4 nitrogen and oxygen atoms in total. The summed E-state index contributed by atoms with van der Waals surface area (Å²) in [6.45, 7) is 6.89. The van der Waals surface area contributed by atoms with Crippen molar-refractivity contribution in [3.63, 3.8) is 0 Å². The van der Waals surface area contributed by atoms with Gasteiger partial charge in [0, 0.05) is 24.6 Å². The zero-order valence-corrected chi connectivity index (χ0v) is 12.0. The summed E-state index contributed by atoms with van der Waals surface area (Å²) in [5.41, 5.74) is 1.21. The fraction of sp³-hybridized carbons (Fsp3) is 0.800. The first kappa shape index (κ1) is 13.1. The summed E-state index contributed by atoms with van der Waals surface area (Å²) >= 11 is 0. The first-order chi connectivity index (χ1) is 9.15. The molecule has 1 fully saturated rings. The van der Waals surface area contributed by atoms with Crippen molar-refractivity contribution in [2.24, 2.45) is 0 Å². The molecule has 0 saturated carbocycles. The van der Waals surface area contributed by atoms with Crippen molar-refractivity contribution in [3.8, 4) is 0 Å². The highest BCUT2D eigenvalue weighted by atomic mass is 16.3. The zero-order valence-electron chi connectivity index (χ0n) is 12.0. The maximum absolute atomic E-state index is 10.0. The van der Waals surface area contributed by atoms with Gasteiger partial charge in [0.25, 0.3) is 0 Å². The highest BCUT2D eigenvalue weighted by molar-refractivity contribution is 5.13. The van der Waals surface area contributed by atoms with Gasteiger partial charge in [0.2, 0.25) is 0 Å². The second-order valence-electron chi connectivity index (χ2n) is 6.27. The van der Waals surface area contributed by atoms with E-state index in [2.05, 4.69) is 24.9 Å². The maximum Gasteiger partial charge on any atom is 0.131 e. The van der Waals surface area contributed by atoms with Crippen LogP contribution in [0.1, 0.15) is 63.2 Å². The van der Waals surface area contributed by atoms with E-state index >= 15 is 0 Å². The normalized spacial score (nSPS) is 25.8. The number of aliphatic hydroxyl groups excluding tert-OH is 1. The molecule has 0 radical (unpaired) electrons. The Morgan fingerprint density at radius 1 is 1.26 bits per heavy atom. The zero-order chi connectivity index (χ0) is 13.4. The van der Waals surface area contributed by atoms with Gasteiger partial charge in [-0.3, -0.25) is 0 Å². The SMILES string of the molecule is CC(C)N1CCC(c2cn3c(n2)CCCC3O)CC1. The summed E-state index contributed by atoms with van der Waals surface area (Å²) in [6, 6.07) is 0.651. The Morgan fingerprint density at radius 2 is 2.00 bits per heavy atom. The Hall–Kier alpha value is -0.870. The minimum Gasteiger partial charge on any atom is -0.373 e. The minimum absolute atomic E-state index is 0.347. The minimum atomic E-state index is -0.347. The highest BCUT2D eigenvalue weighted by Crippen LogP contribution is 2.31. The molecule has 1 aromatic heterocycles. The largest absolute Gasteiger partial charge is 0.373 e. The summed E-state index contributed by atoms with van der Waals surface area (Å²) in [4.78, 5) is 7.32. The highest BCUT2D eigenvalue weighted by Gasteiger charge is 2.26. The summed E-state index contributed by atoms with van der Waals surface area (Å²) in [5, 5.41) is 10.0. The van der Waals surface area contributed by atoms with Gasteiger partial charge < -0.3 is 14.6 Å². The molecular weight excluding hydrogens is 238 g/mol. The second-order valence-corrected chi connectivity index (χ2v) is 6.27. The number of aromatic nitrogens is 2. The number of hydrogen-bond donors (Lipinski definition) is 1. The van der Waals surface area contributed by atoms with Crippen molar-refractivity contribution >= 4 is 0 Å². The number of likely N-dealkylation sites (tertiary alicyclic amines) is 1. The van der Waals surface area contributed by atoms with Crippen molar-refractivity contribution in [2.75, 3.05) is 13.1 Å². The summed E-state index contributed by atoms with van der Waals surface area (Å²) < 4.78 is 1.99. The van der Waals surface area contributed by atoms with Crippen molar-refractivity contribution in [3.05, 3.63) is 17.7 Å². The van der Waals surface area contributed by atoms with E-state index in [4.69, 9.17) is 4.98 Å². The molecule has 3 rings (SSSR count). The van der Waals surface area contributed by atoms with E-state index in [0.717, 1.165) is 25.1 Å². The van der Waals surface area contributed by atoms with Crippen LogP contribution < -0.4 is 0 Å². The molecule has 1 aromatic rings. The topological polar surface area (TPSA) is 41.3 Å². The number of fused-ring (bicyclic) bond motifs is 1. The lowest BCUT2D eigenvalue weighted by Gasteiger charge is -2.33. The predicted molar refractivity (Wildman–Crippen MR) is 75.1 cm³/mol. The van der Waals surface area contributed by atoms with Crippen LogP contribution in [0.4, 0.5) is 0 Å². The van der Waals surface area contributed by atoms with Gasteiger partial charge in [0.15, 0.2) is 0 Å². The molecule has 2 aliphatic heterocycles. The monoisotopic (exact) mass is 263 g/mol. The molecule has 1 N–H and O–H groups in total. The standard InChI is InChI=1S/C15H25N3O/c1-11(2)17-8-6-12(7-9-17)13-10-18-14(16-13)4-3-5-15(18)19/h10-12,15,19H,3-9H2,1-2H3. The van der Waals surface area contributed by atoms with Crippen molar-refractivity contribution < 1.29 is 5.11 Å². The number of imidazole rings is 1. The first-order valence-corrected chi connectivity index (χ1v) is 7.65. The number of aryl methyl sites for hydroxylation is 1. The van der Waals surface area contributed by atoms with Crippen LogP contribution in [0.15, 0.2) is 6.20 Å². The third kappa shape index (κ3) is 2.56. The van der Waals surface area contributed by atoms with Crippen LogP contribution in [0.25, 0.3) is 0 Å². The molecule has 0 aromatic carbocycles. The van der Waals surface area contributed by atoms with Crippen LogP contribution in [-0.4, -0.2) is 38.7 Å². The van der Waals surface area contributed by atoms with Gasteiger partial charge in [0.1, 0.15) is 12.1 Å². The third-order valence-corrected chi connectivity index (χ3v) is 4.69. The molecule has 0 bridgehead atoms. The molecule has 4 heteroatoms. The quantitative estimate of drug-likeness (QED) is 0.890. The van der Waals surface area contributed by atoms with Crippen LogP contribution in [0.2, 0.25) is 0 Å². The van der Waals surface area contributed by atoms with Crippen LogP contribution in [-0.2, 0) is 6.42 Å². The lowest BCUT2D eigenvalue weighted by molar-refractivity contribution is 0.0780. The maximum atomic E-state index is 10.0. The van der Waals surface area contributed by atoms with Gasteiger partial charge in [-0.25, -0.2) is 4.98 Å². The van der Waals surface area contributed by atoms with Crippen LogP contribution in [0.5, 0.6) is 0 Å². The molecule has 0 aliphatic carbocycles. The number of nitrogens with zero attached hydrogens (tertiary/aromatic N) is 3. The molecule has 19 heavy (non-hydrogen) atoms. The number of rotatable bonds is 2. The number of hydrogen-bond acceptors (Lipinski definition) is 3. The fourth-order valence-corrected chi connectivity index (χ4v) is 3.39. The van der Waals surface area contributed by atoms with E-state index < -0.39 is 0 Å². The Morgan fingerprint density at radius 3 is 2.63 bits per heavy atom. The molecule has 0 amide bonds. The van der Waals surface area contributed by atoms with Crippen molar-refractivity contribution in [1.82, 2.24) is 14.5 Å². The van der Waals surface area contributed by atoms with E-state index in [9.17, 15) is 5.11 Å². The van der Waals surface area contributed by atoms with E-state index in [1.54, 1.807) is 0 Å². The van der Waals surface area contributed by atoms with Crippen LogP contribution in [0, 0.1) is 0 Å². The van der Waals surface area contributed by atoms with Gasteiger partial charge in [-0.05, 0) is 52.6 Å². The van der Waals surface area contributed by atoms with Crippen molar-refractivity contribution in [1.29, 1.82) is 0 Å². The first-order valence-electron chi connectivity index (χ1n) is 7.65. The predicted octanol–water partition coefficient (Wildman–Crippen LogP) is 2.30. The van der Waals surface area contributed by atoms with Crippen LogP contribution >= 0.6 is 0 Å². The molecule has 1 atom stereocenters. The summed E-state index contributed by atoms with van der Waals surface area (Å²) in [7, 11) is 0. The lowest BCUT2D eigenvalue weighted by Crippen LogP contribution is -2.37. The number of piperidine rings is 1. The molecule has 1 saturated heterocycles. The second kappa shape index (κ2) is 5.25. The third-order valence-electron chi connectivity index (χ3n) is 4.69. The van der Waals surface area contributed by atoms with Crippen molar-refractivity contribution in [2.45, 2.75) is 64.1 Å². The fourth-order valence-electron chi connectivity index (χ4n) is 3.39. The molecular formula is C15H25N3O. The summed E-state index contributed by atoms with van der Waals surface area (Å²) in [6.07, 6.45) is 7.10. The Balaban J connectivity index is 1.70. The van der Waals surface area contributed by atoms with E-state index in [-0.39, 0.29) is 6.23 Å². The average Bonchev–Trinajstić information content (AvgIpc) is 2.84. The van der Waals surface area contributed by atoms with Gasteiger partial charge >= 0.3 is 0 Å². The molecule has 106 valence electrons. The molecule has 0 spiro atoms. The molecule has 2 aliphatic rings. The van der Waals surface area contributed by atoms with Gasteiger partial charge in [0.05, 0.1) is 5.69 Å². The number of aliphatic hydroxyl groups is 1. The Bertz CT molecular complexity index is 433. The van der Waals surface area contributed by atoms with Crippen LogP contribution in [0.3, 0.4) is 0 Å². The summed E-state index contributed by atoms with van der Waals surface area (Å²) in [5.74, 6) is 1.67. The van der Waals surface area contributed by atoms with Gasteiger partial charge in [-0.15, -0.1) is 0 Å².